The van der Waals surface area contributed by atoms with Gasteiger partial charge in [-0.2, -0.15) is 4.72 Å². The van der Waals surface area contributed by atoms with Gasteiger partial charge in [0.05, 0.1) is 11.0 Å². The second-order valence-corrected chi connectivity index (χ2v) is 9.31. The molecular formula is C19H27ClN2O6S. The van der Waals surface area contributed by atoms with Gasteiger partial charge in [-0.15, -0.1) is 0 Å². The van der Waals surface area contributed by atoms with E-state index in [4.69, 9.17) is 16.3 Å². The number of hydrogen-bond acceptors (Lipinski definition) is 6. The molecule has 0 saturated heterocycles. The smallest absolute Gasteiger partial charge is 0.327 e. The number of nitrogens with one attached hydrogen (secondary N) is 2. The van der Waals surface area contributed by atoms with Crippen molar-refractivity contribution in [2.24, 2.45) is 0 Å². The fraction of sp³-hybridized carbons (Fsp3) is 0.579. The van der Waals surface area contributed by atoms with E-state index in [0.717, 1.165) is 38.5 Å². The van der Waals surface area contributed by atoms with Gasteiger partial charge in [0.25, 0.3) is 5.91 Å². The Morgan fingerprint density at radius 2 is 1.76 bits per heavy atom. The lowest BCUT2D eigenvalue weighted by molar-refractivity contribution is -0.152. The number of carbonyl (C=O) groups excluding carboxylic acids is 2. The molecule has 0 aliphatic heterocycles. The van der Waals surface area contributed by atoms with E-state index in [9.17, 15) is 23.1 Å². The van der Waals surface area contributed by atoms with Gasteiger partial charge < -0.3 is 15.2 Å². The van der Waals surface area contributed by atoms with Crippen molar-refractivity contribution in [3.63, 3.8) is 0 Å². The van der Waals surface area contributed by atoms with E-state index in [-0.39, 0.29) is 10.9 Å². The molecule has 0 unspecified atom stereocenters. The lowest BCUT2D eigenvalue weighted by atomic mass is 10.1. The van der Waals surface area contributed by atoms with E-state index < -0.39 is 40.7 Å². The number of hydrogen-bond donors (Lipinski definition) is 3. The van der Waals surface area contributed by atoms with E-state index in [0.29, 0.717) is 5.02 Å². The van der Waals surface area contributed by atoms with Crippen LogP contribution in [0.5, 0.6) is 0 Å². The molecule has 1 aliphatic rings. The van der Waals surface area contributed by atoms with Crippen LogP contribution in [-0.4, -0.2) is 50.2 Å². The van der Waals surface area contributed by atoms with E-state index in [1.54, 1.807) is 0 Å². The van der Waals surface area contributed by atoms with Crippen molar-refractivity contribution in [1.82, 2.24) is 10.0 Å². The number of rotatable bonds is 8. The van der Waals surface area contributed by atoms with E-state index in [1.807, 2.05) is 0 Å². The van der Waals surface area contributed by atoms with Crippen LogP contribution in [0.3, 0.4) is 0 Å². The zero-order chi connectivity index (χ0) is 21.4. The lowest BCUT2D eigenvalue weighted by Crippen LogP contribution is -2.49. The van der Waals surface area contributed by atoms with Crippen molar-refractivity contribution in [1.29, 1.82) is 0 Å². The average molecular weight is 447 g/mol. The predicted molar refractivity (Wildman–Crippen MR) is 108 cm³/mol. The van der Waals surface area contributed by atoms with Crippen molar-refractivity contribution >= 4 is 33.5 Å². The highest BCUT2D eigenvalue weighted by Gasteiger charge is 2.31. The number of esters is 1. The van der Waals surface area contributed by atoms with Crippen molar-refractivity contribution in [2.45, 2.75) is 68.5 Å². The number of carbonyl (C=O) groups is 2. The molecule has 1 aromatic carbocycles. The zero-order valence-corrected chi connectivity index (χ0v) is 17.8. The molecule has 2 atom stereocenters. The Morgan fingerprint density at radius 1 is 1.17 bits per heavy atom. The van der Waals surface area contributed by atoms with Gasteiger partial charge in [0.2, 0.25) is 10.0 Å². The van der Waals surface area contributed by atoms with Gasteiger partial charge in [0.1, 0.15) is 6.04 Å². The number of aliphatic hydroxyl groups is 1. The Bertz CT molecular complexity index is 789. The molecule has 0 aromatic heterocycles. The van der Waals surface area contributed by atoms with Crippen LogP contribution in [-0.2, 0) is 24.3 Å². The highest BCUT2D eigenvalue weighted by Crippen LogP contribution is 2.17. The highest BCUT2D eigenvalue weighted by molar-refractivity contribution is 7.89. The minimum Gasteiger partial charge on any atom is -0.454 e. The fourth-order valence-corrected chi connectivity index (χ4v) is 4.50. The number of halogens is 1. The van der Waals surface area contributed by atoms with Crippen LogP contribution in [0, 0.1) is 0 Å². The normalized spacial score (nSPS) is 17.8. The highest BCUT2D eigenvalue weighted by atomic mass is 35.5. The topological polar surface area (TPSA) is 122 Å². The number of sulfonamides is 1. The molecule has 1 fully saturated rings. The molecule has 10 heteroatoms. The van der Waals surface area contributed by atoms with Gasteiger partial charge in [-0.1, -0.05) is 37.3 Å². The van der Waals surface area contributed by atoms with E-state index in [2.05, 4.69) is 10.0 Å². The van der Waals surface area contributed by atoms with Crippen LogP contribution in [0.1, 0.15) is 45.4 Å². The van der Waals surface area contributed by atoms with Gasteiger partial charge in [-0.25, -0.2) is 8.42 Å². The maximum absolute atomic E-state index is 12.4. The third kappa shape index (κ3) is 7.58. The van der Waals surface area contributed by atoms with Crippen LogP contribution in [0.4, 0.5) is 0 Å². The Morgan fingerprint density at radius 3 is 2.31 bits per heavy atom. The van der Waals surface area contributed by atoms with Gasteiger partial charge >= 0.3 is 5.97 Å². The molecule has 1 saturated carbocycles. The zero-order valence-electron chi connectivity index (χ0n) is 16.3. The van der Waals surface area contributed by atoms with Crippen LogP contribution >= 0.6 is 11.6 Å². The fourth-order valence-electron chi connectivity index (χ4n) is 3.11. The molecule has 1 amide bonds. The molecular weight excluding hydrogens is 420 g/mol. The van der Waals surface area contributed by atoms with Crippen molar-refractivity contribution in [2.75, 3.05) is 6.61 Å². The number of aliphatic hydroxyl groups excluding tert-OH is 1. The minimum absolute atomic E-state index is 0.0553. The Kier molecular flexibility index (Phi) is 8.88. The molecule has 0 heterocycles. The first-order valence-electron chi connectivity index (χ1n) is 9.61. The standard InChI is InChI=1S/C19H27ClN2O6S/c1-13(23)18(22-29(26,27)16-10-8-14(20)9-11-16)19(25)28-12-17(24)21-15-6-4-2-3-5-7-15/h8-11,13,15,18,22-23H,2-7,12H2,1H3,(H,21,24)/t13-,18+/m1/s1. The summed E-state index contributed by atoms with van der Waals surface area (Å²) in [7, 11) is -4.10. The Balaban J connectivity index is 1.93. The van der Waals surface area contributed by atoms with E-state index >= 15 is 0 Å². The average Bonchev–Trinajstić information content (AvgIpc) is 2.93. The maximum atomic E-state index is 12.4. The summed E-state index contributed by atoms with van der Waals surface area (Å²) in [5.41, 5.74) is 0. The Hall–Kier alpha value is -1.68. The van der Waals surface area contributed by atoms with E-state index in [1.165, 1.54) is 31.2 Å². The van der Waals surface area contributed by atoms with Gasteiger partial charge in [-0.05, 0) is 44.0 Å². The number of ether oxygens (including phenoxy) is 1. The summed E-state index contributed by atoms with van der Waals surface area (Å²) < 4.78 is 31.9. The SMILES string of the molecule is C[C@@H](O)[C@H](NS(=O)(=O)c1ccc(Cl)cc1)C(=O)OCC(=O)NC1CCCCCC1. The second kappa shape index (κ2) is 10.9. The summed E-state index contributed by atoms with van der Waals surface area (Å²) in [6.45, 7) is 0.711. The van der Waals surface area contributed by atoms with Gasteiger partial charge in [0.15, 0.2) is 6.61 Å². The second-order valence-electron chi connectivity index (χ2n) is 7.16. The molecule has 2 rings (SSSR count). The van der Waals surface area contributed by atoms with Crippen LogP contribution in [0.2, 0.25) is 5.02 Å². The summed E-state index contributed by atoms with van der Waals surface area (Å²) >= 11 is 5.75. The van der Waals surface area contributed by atoms with Gasteiger partial charge in [0, 0.05) is 11.1 Å². The summed E-state index contributed by atoms with van der Waals surface area (Å²) in [4.78, 5) is 24.2. The molecule has 0 bridgehead atoms. The summed E-state index contributed by atoms with van der Waals surface area (Å²) in [6.07, 6.45) is 4.78. The van der Waals surface area contributed by atoms with Gasteiger partial charge in [-0.3, -0.25) is 9.59 Å². The molecule has 3 N–H and O–H groups in total. The largest absolute Gasteiger partial charge is 0.454 e. The van der Waals surface area contributed by atoms with Crippen LogP contribution < -0.4 is 10.0 Å². The van der Waals surface area contributed by atoms with Crippen molar-refractivity contribution < 1.29 is 27.9 Å². The molecule has 0 radical (unpaired) electrons. The predicted octanol–water partition coefficient (Wildman–Crippen LogP) is 1.75. The molecule has 1 aromatic rings. The number of benzene rings is 1. The molecule has 29 heavy (non-hydrogen) atoms. The maximum Gasteiger partial charge on any atom is 0.327 e. The van der Waals surface area contributed by atoms with Crippen LogP contribution in [0.15, 0.2) is 29.2 Å². The molecule has 162 valence electrons. The summed E-state index contributed by atoms with van der Waals surface area (Å²) in [5.74, 6) is -1.48. The van der Waals surface area contributed by atoms with Crippen molar-refractivity contribution in [3.8, 4) is 0 Å². The quantitative estimate of drug-likeness (QED) is 0.413. The third-order valence-corrected chi connectivity index (χ3v) is 6.42. The summed E-state index contributed by atoms with van der Waals surface area (Å²) in [5, 5.41) is 13.0. The number of amides is 1. The van der Waals surface area contributed by atoms with Crippen LogP contribution in [0.25, 0.3) is 0 Å². The minimum atomic E-state index is -4.10. The van der Waals surface area contributed by atoms with Crippen molar-refractivity contribution in [3.05, 3.63) is 29.3 Å². The molecule has 0 spiro atoms. The Labute approximate surface area is 176 Å². The first kappa shape index (κ1) is 23.6. The third-order valence-electron chi connectivity index (χ3n) is 4.71. The monoisotopic (exact) mass is 446 g/mol. The lowest BCUT2D eigenvalue weighted by Gasteiger charge is -2.21. The first-order valence-corrected chi connectivity index (χ1v) is 11.5. The molecule has 8 nitrogen and oxygen atoms in total. The molecule has 1 aliphatic carbocycles. The summed E-state index contributed by atoms with van der Waals surface area (Å²) in [6, 6.07) is 3.83. The first-order chi connectivity index (χ1) is 13.7.